The number of sulfonamides is 2. The second-order valence-electron chi connectivity index (χ2n) is 10.9. The molecule has 0 saturated carbocycles. The molecule has 4 rings (SSSR count). The highest BCUT2D eigenvalue weighted by molar-refractivity contribution is 7.92. The van der Waals surface area contributed by atoms with Gasteiger partial charge in [-0.25, -0.2) is 38.8 Å². The predicted octanol–water partition coefficient (Wildman–Crippen LogP) is 3.95. The van der Waals surface area contributed by atoms with E-state index in [1.54, 1.807) is 12.1 Å². The van der Waals surface area contributed by atoms with Crippen LogP contribution in [0.1, 0.15) is 36.3 Å². The number of nitrogens with one attached hydrogen (secondary N) is 2. The second kappa shape index (κ2) is 13.4. The summed E-state index contributed by atoms with van der Waals surface area (Å²) in [7, 11) is -10.6. The lowest BCUT2D eigenvalue weighted by Gasteiger charge is -2.33. The first kappa shape index (κ1) is 33.0. The van der Waals surface area contributed by atoms with Crippen molar-refractivity contribution in [3.63, 3.8) is 0 Å². The molecular weight excluding hydrogens is 621 g/mol. The number of piperidine rings is 1. The third kappa shape index (κ3) is 9.54. The smallest absolute Gasteiger partial charge is 0.240 e. The van der Waals surface area contributed by atoms with E-state index in [-0.39, 0.29) is 33.9 Å². The molecule has 9 nitrogen and oxygen atoms in total. The van der Waals surface area contributed by atoms with E-state index in [4.69, 9.17) is 0 Å². The highest BCUT2D eigenvalue weighted by Crippen LogP contribution is 2.31. The number of sulfone groups is 1. The Morgan fingerprint density at radius 2 is 1.35 bits per heavy atom. The number of benzene rings is 3. The van der Waals surface area contributed by atoms with Crippen LogP contribution in [0.25, 0.3) is 0 Å². The summed E-state index contributed by atoms with van der Waals surface area (Å²) in [5.41, 5.74) is 1.49. The van der Waals surface area contributed by atoms with Gasteiger partial charge in [-0.3, -0.25) is 4.72 Å². The molecule has 1 aliphatic rings. The van der Waals surface area contributed by atoms with Gasteiger partial charge in [-0.2, -0.15) is 0 Å². The van der Waals surface area contributed by atoms with Crippen LogP contribution in [0.4, 0.5) is 14.5 Å². The fourth-order valence-corrected chi connectivity index (χ4v) is 7.51. The van der Waals surface area contributed by atoms with E-state index in [0.717, 1.165) is 50.1 Å². The third-order valence-electron chi connectivity index (χ3n) is 7.47. The molecule has 2 N–H and O–H groups in total. The van der Waals surface area contributed by atoms with E-state index in [1.165, 1.54) is 48.5 Å². The Morgan fingerprint density at radius 3 is 1.88 bits per heavy atom. The van der Waals surface area contributed by atoms with Gasteiger partial charge in [-0.1, -0.05) is 12.1 Å². The van der Waals surface area contributed by atoms with Crippen LogP contribution in [-0.2, 0) is 29.9 Å². The second-order valence-corrected chi connectivity index (χ2v) is 16.5. The highest BCUT2D eigenvalue weighted by atomic mass is 32.2. The minimum Gasteiger partial charge on any atom is -0.303 e. The topological polar surface area (TPSA) is 130 Å². The quantitative estimate of drug-likeness (QED) is 0.302. The molecule has 0 aromatic heterocycles. The van der Waals surface area contributed by atoms with Crippen LogP contribution in [0.2, 0.25) is 0 Å². The van der Waals surface area contributed by atoms with Crippen molar-refractivity contribution in [2.45, 2.75) is 35.0 Å². The minimum absolute atomic E-state index is 0.0355. The van der Waals surface area contributed by atoms with E-state index >= 15 is 0 Å². The Hall–Kier alpha value is -2.91. The Labute approximate surface area is 252 Å². The summed E-state index contributed by atoms with van der Waals surface area (Å²) < 4.78 is 105. The molecule has 3 aromatic carbocycles. The van der Waals surface area contributed by atoms with Gasteiger partial charge in [0.1, 0.15) is 11.6 Å². The molecular formula is C29H35F2N3O6S3. The zero-order valence-electron chi connectivity index (χ0n) is 23.8. The molecule has 0 aliphatic carbocycles. The molecule has 0 radical (unpaired) electrons. The first-order chi connectivity index (χ1) is 20.1. The predicted molar refractivity (Wildman–Crippen MR) is 162 cm³/mol. The summed E-state index contributed by atoms with van der Waals surface area (Å²) in [5.74, 6) is -1.61. The molecule has 1 atom stereocenters. The van der Waals surface area contributed by atoms with Crippen LogP contribution in [0.5, 0.6) is 0 Å². The lowest BCUT2D eigenvalue weighted by molar-refractivity contribution is 0.182. The molecule has 43 heavy (non-hydrogen) atoms. The van der Waals surface area contributed by atoms with Gasteiger partial charge in [0, 0.05) is 30.5 Å². The Morgan fingerprint density at radius 1 is 0.791 bits per heavy atom. The maximum Gasteiger partial charge on any atom is 0.240 e. The van der Waals surface area contributed by atoms with E-state index in [9.17, 15) is 34.0 Å². The number of hydrogen-bond acceptors (Lipinski definition) is 7. The summed E-state index contributed by atoms with van der Waals surface area (Å²) in [5, 5.41) is 0. The fourth-order valence-electron chi connectivity index (χ4n) is 5.20. The van der Waals surface area contributed by atoms with Crippen LogP contribution in [0.15, 0.2) is 76.5 Å². The molecule has 1 fully saturated rings. The van der Waals surface area contributed by atoms with Crippen molar-refractivity contribution < 1.29 is 34.0 Å². The SMILES string of the molecule is CS(=O)(=O)Nc1ccc(S(=O)(=O)NCC2CCN(CCC(c3ccc(S(C)(=O)=O)cc3)c3cc(F)cc(F)c3)CC2)cc1. The van der Waals surface area contributed by atoms with Crippen molar-refractivity contribution in [1.29, 1.82) is 0 Å². The molecule has 3 aromatic rings. The molecule has 14 heteroatoms. The van der Waals surface area contributed by atoms with Crippen LogP contribution >= 0.6 is 0 Å². The van der Waals surface area contributed by atoms with E-state index in [0.29, 0.717) is 18.5 Å². The van der Waals surface area contributed by atoms with Crippen LogP contribution in [-0.4, -0.2) is 68.8 Å². The molecule has 0 bridgehead atoms. The van der Waals surface area contributed by atoms with Gasteiger partial charge in [0.15, 0.2) is 9.84 Å². The molecule has 1 unspecified atom stereocenters. The molecule has 1 heterocycles. The van der Waals surface area contributed by atoms with Gasteiger partial charge in [0.25, 0.3) is 0 Å². The number of anilines is 1. The van der Waals surface area contributed by atoms with Gasteiger partial charge in [0.05, 0.1) is 16.0 Å². The molecule has 0 amide bonds. The summed E-state index contributed by atoms with van der Waals surface area (Å²) in [6.45, 7) is 2.32. The molecule has 1 saturated heterocycles. The van der Waals surface area contributed by atoms with Gasteiger partial charge < -0.3 is 4.90 Å². The first-order valence-electron chi connectivity index (χ1n) is 13.6. The Kier molecular flexibility index (Phi) is 10.3. The number of likely N-dealkylation sites (tertiary alicyclic amines) is 1. The Balaban J connectivity index is 1.34. The van der Waals surface area contributed by atoms with Crippen molar-refractivity contribution in [1.82, 2.24) is 9.62 Å². The van der Waals surface area contributed by atoms with E-state index < -0.39 is 41.5 Å². The van der Waals surface area contributed by atoms with Gasteiger partial charge in [-0.05, 0) is 104 Å². The lowest BCUT2D eigenvalue weighted by atomic mass is 9.87. The zero-order valence-corrected chi connectivity index (χ0v) is 26.3. The van der Waals surface area contributed by atoms with E-state index in [1.807, 2.05) is 0 Å². The average molecular weight is 656 g/mol. The van der Waals surface area contributed by atoms with Crippen molar-refractivity contribution in [3.05, 3.63) is 89.5 Å². The maximum absolute atomic E-state index is 14.1. The molecule has 1 aliphatic heterocycles. The molecule has 234 valence electrons. The van der Waals surface area contributed by atoms with Crippen molar-refractivity contribution in [2.24, 2.45) is 5.92 Å². The zero-order chi connectivity index (χ0) is 31.4. The lowest BCUT2D eigenvalue weighted by Crippen LogP contribution is -2.39. The van der Waals surface area contributed by atoms with Gasteiger partial charge in [-0.15, -0.1) is 0 Å². The fraction of sp³-hybridized carbons (Fsp3) is 0.379. The summed E-state index contributed by atoms with van der Waals surface area (Å²) >= 11 is 0. The normalized spacial score (nSPS) is 16.2. The third-order valence-corrected chi connectivity index (χ3v) is 10.6. The van der Waals surface area contributed by atoms with Crippen LogP contribution in [0.3, 0.4) is 0 Å². The number of nitrogens with zero attached hydrogens (tertiary/aromatic N) is 1. The van der Waals surface area contributed by atoms with Gasteiger partial charge in [0.2, 0.25) is 20.0 Å². The minimum atomic E-state index is -3.78. The number of hydrogen-bond donors (Lipinski definition) is 2. The average Bonchev–Trinajstić information content (AvgIpc) is 2.91. The van der Waals surface area contributed by atoms with Crippen molar-refractivity contribution >= 4 is 35.6 Å². The Bertz CT molecular complexity index is 1720. The van der Waals surface area contributed by atoms with Crippen molar-refractivity contribution in [2.75, 3.05) is 43.4 Å². The number of halogens is 2. The van der Waals surface area contributed by atoms with Crippen LogP contribution in [0, 0.1) is 17.6 Å². The largest absolute Gasteiger partial charge is 0.303 e. The standard InChI is InChI=1S/C29H35F2N3O6S3/c1-41(35,36)27-7-3-22(4-8-27)29(23-17-24(30)19-25(31)18-23)13-16-34-14-11-21(12-15-34)20-32-43(39,40)28-9-5-26(6-10-28)33-42(2,37)38/h3-10,17-19,21,29,32-33H,11-16,20H2,1-2H3. The maximum atomic E-state index is 14.1. The number of rotatable bonds is 12. The van der Waals surface area contributed by atoms with Gasteiger partial charge >= 0.3 is 0 Å². The monoisotopic (exact) mass is 655 g/mol. The summed E-state index contributed by atoms with van der Waals surface area (Å²) in [6.07, 6.45) is 4.18. The highest BCUT2D eigenvalue weighted by Gasteiger charge is 2.24. The molecule has 0 spiro atoms. The summed E-state index contributed by atoms with van der Waals surface area (Å²) in [4.78, 5) is 2.43. The van der Waals surface area contributed by atoms with Crippen LogP contribution < -0.4 is 9.44 Å². The summed E-state index contributed by atoms with van der Waals surface area (Å²) in [6, 6.07) is 15.2. The van der Waals surface area contributed by atoms with Crippen molar-refractivity contribution in [3.8, 4) is 0 Å². The van der Waals surface area contributed by atoms with E-state index in [2.05, 4.69) is 14.3 Å². The first-order valence-corrected chi connectivity index (χ1v) is 18.9.